The Hall–Kier alpha value is -3.73. The molecule has 3 aromatic carbocycles. The molecule has 0 aliphatic heterocycles. The molecule has 0 aliphatic rings. The standard InChI is InChI=1S/C24H17Br2N3O7S/c1-2-35-22-13-15(11-16(14-27)24(30)28-21-6-4-3-5-19(21)25)12-20(26)23(22)36-37(33,34)18-9-7-17(8-10-18)29(31)32/h3-13H,2H2,1H3,(H,28,30)/b16-11+. The predicted molar refractivity (Wildman–Crippen MR) is 143 cm³/mol. The predicted octanol–water partition coefficient (Wildman–Crippen LogP) is 5.83. The molecule has 1 N–H and O–H groups in total. The minimum atomic E-state index is -4.38. The Morgan fingerprint density at radius 2 is 1.81 bits per heavy atom. The normalized spacial score (nSPS) is 11.4. The molecule has 0 unspecified atom stereocenters. The summed E-state index contributed by atoms with van der Waals surface area (Å²) in [6.45, 7) is 1.83. The van der Waals surface area contributed by atoms with Crippen molar-refractivity contribution in [3.8, 4) is 17.6 Å². The third kappa shape index (κ3) is 6.94. The first-order valence-corrected chi connectivity index (χ1v) is 13.4. The van der Waals surface area contributed by atoms with Crippen LogP contribution in [0.3, 0.4) is 0 Å². The van der Waals surface area contributed by atoms with Gasteiger partial charge in [-0.25, -0.2) is 0 Å². The topological polar surface area (TPSA) is 149 Å². The highest BCUT2D eigenvalue weighted by Gasteiger charge is 2.23. The number of nitriles is 1. The number of non-ortho nitro benzene ring substituents is 1. The van der Waals surface area contributed by atoms with E-state index < -0.39 is 20.9 Å². The van der Waals surface area contributed by atoms with E-state index in [-0.39, 0.29) is 38.7 Å². The Balaban J connectivity index is 1.94. The molecule has 10 nitrogen and oxygen atoms in total. The molecular weight excluding hydrogens is 634 g/mol. The van der Waals surface area contributed by atoms with Crippen molar-refractivity contribution in [2.75, 3.05) is 11.9 Å². The maximum absolute atomic E-state index is 12.8. The number of rotatable bonds is 9. The van der Waals surface area contributed by atoms with E-state index in [1.54, 1.807) is 31.2 Å². The molecule has 0 radical (unpaired) electrons. The van der Waals surface area contributed by atoms with Crippen LogP contribution in [0.2, 0.25) is 0 Å². The van der Waals surface area contributed by atoms with E-state index >= 15 is 0 Å². The minimum absolute atomic E-state index is 0.0251. The minimum Gasteiger partial charge on any atom is -0.490 e. The maximum Gasteiger partial charge on any atom is 0.339 e. The number of hydrogen-bond acceptors (Lipinski definition) is 8. The number of nitrogens with zero attached hydrogens (tertiary/aromatic N) is 2. The number of anilines is 1. The fourth-order valence-corrected chi connectivity index (χ4v) is 4.96. The summed E-state index contributed by atoms with van der Waals surface area (Å²) in [6.07, 6.45) is 1.31. The zero-order valence-electron chi connectivity index (χ0n) is 19.0. The summed E-state index contributed by atoms with van der Waals surface area (Å²) < 4.78 is 37.3. The number of amides is 1. The molecule has 0 spiro atoms. The summed E-state index contributed by atoms with van der Waals surface area (Å²) in [5.74, 6) is -0.796. The molecule has 0 aromatic heterocycles. The van der Waals surface area contributed by atoms with E-state index in [0.29, 0.717) is 15.7 Å². The number of para-hydroxylation sites is 1. The Morgan fingerprint density at radius 3 is 2.41 bits per heavy atom. The van der Waals surface area contributed by atoms with Gasteiger partial charge in [0.25, 0.3) is 11.6 Å². The van der Waals surface area contributed by atoms with Gasteiger partial charge < -0.3 is 14.2 Å². The quantitative estimate of drug-likeness (QED) is 0.0999. The second-order valence-corrected chi connectivity index (χ2v) is 10.4. The van der Waals surface area contributed by atoms with Gasteiger partial charge in [-0.3, -0.25) is 14.9 Å². The molecular formula is C24H17Br2N3O7S. The number of ether oxygens (including phenoxy) is 1. The van der Waals surface area contributed by atoms with Gasteiger partial charge in [-0.05, 0) is 86.8 Å². The van der Waals surface area contributed by atoms with E-state index in [2.05, 4.69) is 37.2 Å². The molecule has 1 amide bonds. The molecule has 0 aliphatic carbocycles. The van der Waals surface area contributed by atoms with E-state index in [1.807, 2.05) is 6.07 Å². The zero-order valence-corrected chi connectivity index (χ0v) is 23.0. The van der Waals surface area contributed by atoms with E-state index in [9.17, 15) is 28.6 Å². The van der Waals surface area contributed by atoms with Gasteiger partial charge in [-0.2, -0.15) is 13.7 Å². The maximum atomic E-state index is 12.8. The lowest BCUT2D eigenvalue weighted by molar-refractivity contribution is -0.384. The van der Waals surface area contributed by atoms with Crippen molar-refractivity contribution < 1.29 is 27.1 Å². The van der Waals surface area contributed by atoms with Crippen LogP contribution in [-0.4, -0.2) is 25.9 Å². The molecule has 13 heteroatoms. The van der Waals surface area contributed by atoms with Gasteiger partial charge in [0.15, 0.2) is 11.5 Å². The highest BCUT2D eigenvalue weighted by atomic mass is 79.9. The number of halogens is 2. The first-order valence-electron chi connectivity index (χ1n) is 10.4. The van der Waals surface area contributed by atoms with E-state index in [1.165, 1.54) is 18.2 Å². The lowest BCUT2D eigenvalue weighted by Crippen LogP contribution is -2.14. The summed E-state index contributed by atoms with van der Waals surface area (Å²) >= 11 is 6.58. The van der Waals surface area contributed by atoms with Crippen molar-refractivity contribution in [2.24, 2.45) is 0 Å². The molecule has 190 valence electrons. The highest BCUT2D eigenvalue weighted by Crippen LogP contribution is 2.39. The summed E-state index contributed by atoms with van der Waals surface area (Å²) in [5, 5.41) is 23.0. The number of carbonyl (C=O) groups excluding carboxylic acids is 1. The molecule has 0 heterocycles. The summed E-state index contributed by atoms with van der Waals surface area (Å²) in [5.41, 5.74) is 0.347. The lowest BCUT2D eigenvalue weighted by atomic mass is 10.1. The molecule has 0 saturated carbocycles. The van der Waals surface area contributed by atoms with Crippen LogP contribution in [0.5, 0.6) is 11.5 Å². The zero-order chi connectivity index (χ0) is 27.2. The third-order valence-electron chi connectivity index (χ3n) is 4.66. The molecule has 0 saturated heterocycles. The summed E-state index contributed by atoms with van der Waals surface area (Å²) in [4.78, 5) is 22.6. The van der Waals surface area contributed by atoms with Crippen molar-refractivity contribution in [3.05, 3.63) is 90.9 Å². The van der Waals surface area contributed by atoms with Crippen molar-refractivity contribution in [2.45, 2.75) is 11.8 Å². The molecule has 0 bridgehead atoms. The third-order valence-corrected chi connectivity index (χ3v) is 7.18. The van der Waals surface area contributed by atoms with Crippen molar-refractivity contribution >= 4 is 65.3 Å². The Labute approximate surface area is 229 Å². The molecule has 0 fully saturated rings. The van der Waals surface area contributed by atoms with Crippen LogP contribution in [0.25, 0.3) is 6.08 Å². The SMILES string of the molecule is CCOc1cc(/C=C(\C#N)C(=O)Nc2ccccc2Br)cc(Br)c1OS(=O)(=O)c1ccc([N+](=O)[O-])cc1. The number of nitro groups is 1. The van der Waals surface area contributed by atoms with Gasteiger partial charge in [-0.1, -0.05) is 12.1 Å². The van der Waals surface area contributed by atoms with Gasteiger partial charge in [0.1, 0.15) is 16.5 Å². The van der Waals surface area contributed by atoms with Crippen LogP contribution >= 0.6 is 31.9 Å². The molecule has 0 atom stereocenters. The monoisotopic (exact) mass is 649 g/mol. The second kappa shape index (κ2) is 12.0. The van der Waals surface area contributed by atoms with Gasteiger partial charge in [0.05, 0.1) is 21.7 Å². The largest absolute Gasteiger partial charge is 0.490 e. The van der Waals surface area contributed by atoms with Gasteiger partial charge >= 0.3 is 10.1 Å². The van der Waals surface area contributed by atoms with E-state index in [4.69, 9.17) is 8.92 Å². The van der Waals surface area contributed by atoms with Gasteiger partial charge in [0, 0.05) is 16.6 Å². The highest BCUT2D eigenvalue weighted by molar-refractivity contribution is 9.11. The van der Waals surface area contributed by atoms with E-state index in [0.717, 1.165) is 24.3 Å². The second-order valence-electron chi connectivity index (χ2n) is 7.16. The Morgan fingerprint density at radius 1 is 1.14 bits per heavy atom. The average molecular weight is 651 g/mol. The summed E-state index contributed by atoms with van der Waals surface area (Å²) in [6, 6.07) is 15.8. The van der Waals surface area contributed by atoms with Crippen LogP contribution in [0, 0.1) is 21.4 Å². The number of benzene rings is 3. The molecule has 3 aromatic rings. The van der Waals surface area contributed by atoms with Crippen molar-refractivity contribution in [1.29, 1.82) is 5.26 Å². The molecule has 37 heavy (non-hydrogen) atoms. The smallest absolute Gasteiger partial charge is 0.339 e. The Kier molecular flexibility index (Phi) is 9.04. The van der Waals surface area contributed by atoms with Crippen LogP contribution in [0.15, 0.2) is 80.1 Å². The number of nitrogens with one attached hydrogen (secondary N) is 1. The van der Waals surface area contributed by atoms with Crippen LogP contribution in [0.1, 0.15) is 12.5 Å². The fourth-order valence-electron chi connectivity index (χ4n) is 2.97. The van der Waals surface area contributed by atoms with Crippen LogP contribution in [-0.2, 0) is 14.9 Å². The lowest BCUT2D eigenvalue weighted by Gasteiger charge is -2.14. The fraction of sp³-hybridized carbons (Fsp3) is 0.0833. The van der Waals surface area contributed by atoms with Crippen LogP contribution < -0.4 is 14.2 Å². The first kappa shape index (κ1) is 27.9. The first-order chi connectivity index (χ1) is 17.6. The van der Waals surface area contributed by atoms with Crippen molar-refractivity contribution in [1.82, 2.24) is 0 Å². The van der Waals surface area contributed by atoms with Gasteiger partial charge in [0.2, 0.25) is 0 Å². The Bertz CT molecular complexity index is 1530. The van der Waals surface area contributed by atoms with Crippen LogP contribution in [0.4, 0.5) is 11.4 Å². The summed E-state index contributed by atoms with van der Waals surface area (Å²) in [7, 11) is -4.38. The average Bonchev–Trinajstić information content (AvgIpc) is 2.86. The number of hydrogen-bond donors (Lipinski definition) is 1. The number of carbonyl (C=O) groups is 1. The number of nitro benzene ring substituents is 1. The van der Waals surface area contributed by atoms with Gasteiger partial charge in [-0.15, -0.1) is 0 Å². The van der Waals surface area contributed by atoms with Crippen molar-refractivity contribution in [3.63, 3.8) is 0 Å². The molecule has 3 rings (SSSR count).